The molecular formula is C13H17NO2. The van der Waals surface area contributed by atoms with Gasteiger partial charge in [-0.15, -0.1) is 0 Å². The van der Waals surface area contributed by atoms with Gasteiger partial charge in [0.05, 0.1) is 12.3 Å². The van der Waals surface area contributed by atoms with Crippen molar-refractivity contribution in [2.45, 2.75) is 32.5 Å². The summed E-state index contributed by atoms with van der Waals surface area (Å²) in [6.07, 6.45) is 3.06. The monoisotopic (exact) mass is 219 g/mol. The van der Waals surface area contributed by atoms with Crippen LogP contribution >= 0.6 is 0 Å². The van der Waals surface area contributed by atoms with E-state index in [1.807, 2.05) is 37.3 Å². The van der Waals surface area contributed by atoms with Gasteiger partial charge < -0.3 is 9.57 Å². The van der Waals surface area contributed by atoms with Crippen molar-refractivity contribution in [3.63, 3.8) is 0 Å². The second-order valence-electron chi connectivity index (χ2n) is 3.94. The first-order chi connectivity index (χ1) is 7.86. The molecule has 1 saturated heterocycles. The highest BCUT2D eigenvalue weighted by molar-refractivity contribution is 5.98. The zero-order chi connectivity index (χ0) is 11.2. The third-order valence-electron chi connectivity index (χ3n) is 2.64. The normalized spacial score (nSPS) is 21.8. The van der Waals surface area contributed by atoms with Gasteiger partial charge in [0, 0.05) is 6.42 Å². The third kappa shape index (κ3) is 3.07. The molecule has 16 heavy (non-hydrogen) atoms. The first-order valence-electron chi connectivity index (χ1n) is 5.74. The van der Waals surface area contributed by atoms with Crippen LogP contribution in [-0.2, 0) is 9.57 Å². The highest BCUT2D eigenvalue weighted by Crippen LogP contribution is 2.14. The number of hydrogen-bond donors (Lipinski definition) is 0. The minimum atomic E-state index is -0.160. The Bertz CT molecular complexity index is 342. The van der Waals surface area contributed by atoms with Crippen molar-refractivity contribution in [1.82, 2.24) is 0 Å². The van der Waals surface area contributed by atoms with Gasteiger partial charge in [0.2, 0.25) is 6.29 Å². The molecule has 1 atom stereocenters. The number of rotatable bonds is 3. The summed E-state index contributed by atoms with van der Waals surface area (Å²) in [5.41, 5.74) is 1.97. The maximum absolute atomic E-state index is 5.43. The molecule has 0 radical (unpaired) electrons. The maximum Gasteiger partial charge on any atom is 0.226 e. The molecule has 0 saturated carbocycles. The van der Waals surface area contributed by atoms with Crippen LogP contribution in [0.4, 0.5) is 0 Å². The predicted molar refractivity (Wildman–Crippen MR) is 63.3 cm³/mol. The maximum atomic E-state index is 5.43. The summed E-state index contributed by atoms with van der Waals surface area (Å²) in [5, 5.41) is 4.11. The van der Waals surface area contributed by atoms with Crippen LogP contribution in [-0.4, -0.2) is 18.6 Å². The smallest absolute Gasteiger partial charge is 0.226 e. The Morgan fingerprint density at radius 1 is 1.31 bits per heavy atom. The number of benzene rings is 1. The van der Waals surface area contributed by atoms with Gasteiger partial charge in [-0.2, -0.15) is 0 Å². The average molecular weight is 219 g/mol. The Balaban J connectivity index is 1.91. The molecule has 1 fully saturated rings. The number of nitrogens with zero attached hydrogens (tertiary/aromatic N) is 1. The first kappa shape index (κ1) is 11.1. The van der Waals surface area contributed by atoms with E-state index in [0.29, 0.717) is 0 Å². The van der Waals surface area contributed by atoms with E-state index >= 15 is 0 Å². The predicted octanol–water partition coefficient (Wildman–Crippen LogP) is 2.95. The summed E-state index contributed by atoms with van der Waals surface area (Å²) < 4.78 is 5.43. The molecular weight excluding hydrogens is 202 g/mol. The van der Waals surface area contributed by atoms with Crippen molar-refractivity contribution in [2.24, 2.45) is 5.16 Å². The van der Waals surface area contributed by atoms with Crippen molar-refractivity contribution in [1.29, 1.82) is 0 Å². The molecule has 3 nitrogen and oxygen atoms in total. The molecule has 1 heterocycles. The SMILES string of the molecule is CC(=NOC1CCCCO1)c1ccccc1. The summed E-state index contributed by atoms with van der Waals surface area (Å²) in [6, 6.07) is 10.0. The van der Waals surface area contributed by atoms with Crippen LogP contribution in [0.25, 0.3) is 0 Å². The Labute approximate surface area is 96.1 Å². The van der Waals surface area contributed by atoms with E-state index in [4.69, 9.17) is 9.57 Å². The second-order valence-corrected chi connectivity index (χ2v) is 3.94. The second kappa shape index (κ2) is 5.66. The molecule has 2 rings (SSSR count). The Kier molecular flexibility index (Phi) is 3.94. The molecule has 1 aromatic carbocycles. The van der Waals surface area contributed by atoms with Gasteiger partial charge in [-0.3, -0.25) is 0 Å². The number of ether oxygens (including phenoxy) is 1. The highest BCUT2D eigenvalue weighted by Gasteiger charge is 2.14. The van der Waals surface area contributed by atoms with Gasteiger partial charge in [-0.25, -0.2) is 0 Å². The molecule has 0 bridgehead atoms. The van der Waals surface area contributed by atoms with E-state index in [1.54, 1.807) is 0 Å². The van der Waals surface area contributed by atoms with Crippen LogP contribution in [0.15, 0.2) is 35.5 Å². The summed E-state index contributed by atoms with van der Waals surface area (Å²) in [4.78, 5) is 5.36. The molecule has 0 amide bonds. The average Bonchev–Trinajstić information content (AvgIpc) is 2.38. The van der Waals surface area contributed by atoms with Crippen molar-refractivity contribution < 1.29 is 9.57 Å². The minimum absolute atomic E-state index is 0.160. The van der Waals surface area contributed by atoms with E-state index in [-0.39, 0.29) is 6.29 Å². The van der Waals surface area contributed by atoms with Crippen molar-refractivity contribution >= 4 is 5.71 Å². The fraction of sp³-hybridized carbons (Fsp3) is 0.462. The molecule has 1 unspecified atom stereocenters. The van der Waals surface area contributed by atoms with Crippen molar-refractivity contribution in [3.05, 3.63) is 35.9 Å². The topological polar surface area (TPSA) is 30.8 Å². The lowest BCUT2D eigenvalue weighted by Gasteiger charge is -2.20. The van der Waals surface area contributed by atoms with Gasteiger partial charge in [-0.1, -0.05) is 35.5 Å². The summed E-state index contributed by atoms with van der Waals surface area (Å²) in [7, 11) is 0. The lowest BCUT2D eigenvalue weighted by Crippen LogP contribution is -2.20. The Morgan fingerprint density at radius 3 is 2.81 bits per heavy atom. The first-order valence-corrected chi connectivity index (χ1v) is 5.74. The number of hydrogen-bond acceptors (Lipinski definition) is 3. The molecule has 1 aromatic rings. The molecule has 0 spiro atoms. The van der Waals surface area contributed by atoms with Gasteiger partial charge in [0.1, 0.15) is 0 Å². The lowest BCUT2D eigenvalue weighted by molar-refractivity contribution is -0.162. The van der Waals surface area contributed by atoms with Gasteiger partial charge >= 0.3 is 0 Å². The van der Waals surface area contributed by atoms with Crippen LogP contribution in [0.2, 0.25) is 0 Å². The van der Waals surface area contributed by atoms with Crippen LogP contribution in [0, 0.1) is 0 Å². The minimum Gasteiger partial charge on any atom is -0.363 e. The largest absolute Gasteiger partial charge is 0.363 e. The quantitative estimate of drug-likeness (QED) is 0.578. The molecule has 0 aromatic heterocycles. The third-order valence-corrected chi connectivity index (χ3v) is 2.64. The molecule has 3 heteroatoms. The number of oxime groups is 1. The Morgan fingerprint density at radius 2 is 2.12 bits per heavy atom. The van der Waals surface area contributed by atoms with Crippen molar-refractivity contribution in [2.75, 3.05) is 6.61 Å². The van der Waals surface area contributed by atoms with E-state index < -0.39 is 0 Å². The zero-order valence-corrected chi connectivity index (χ0v) is 9.56. The van der Waals surface area contributed by atoms with Crippen LogP contribution in [0.5, 0.6) is 0 Å². The van der Waals surface area contributed by atoms with E-state index in [2.05, 4.69) is 5.16 Å². The molecule has 0 N–H and O–H groups in total. The highest BCUT2D eigenvalue weighted by atomic mass is 16.8. The molecule has 0 aliphatic carbocycles. The molecule has 86 valence electrons. The summed E-state index contributed by atoms with van der Waals surface area (Å²) in [5.74, 6) is 0. The molecule has 1 aliphatic rings. The van der Waals surface area contributed by atoms with Gasteiger partial charge in [0.25, 0.3) is 0 Å². The van der Waals surface area contributed by atoms with Crippen LogP contribution in [0.3, 0.4) is 0 Å². The van der Waals surface area contributed by atoms with Crippen molar-refractivity contribution in [3.8, 4) is 0 Å². The fourth-order valence-corrected chi connectivity index (χ4v) is 1.66. The molecule has 1 aliphatic heterocycles. The van der Waals surface area contributed by atoms with E-state index in [1.165, 1.54) is 0 Å². The van der Waals surface area contributed by atoms with E-state index in [9.17, 15) is 0 Å². The fourth-order valence-electron chi connectivity index (χ4n) is 1.66. The lowest BCUT2D eigenvalue weighted by atomic mass is 10.1. The summed E-state index contributed by atoms with van der Waals surface area (Å²) in [6.45, 7) is 2.72. The van der Waals surface area contributed by atoms with E-state index in [0.717, 1.165) is 37.1 Å². The Hall–Kier alpha value is -1.35. The summed E-state index contributed by atoms with van der Waals surface area (Å²) >= 11 is 0. The standard InChI is InChI=1S/C13H17NO2/c1-11(12-7-3-2-4-8-12)14-16-13-9-5-6-10-15-13/h2-4,7-8,13H,5-6,9-10H2,1H3. The van der Waals surface area contributed by atoms with Crippen LogP contribution < -0.4 is 0 Å². The van der Waals surface area contributed by atoms with Gasteiger partial charge in [0.15, 0.2) is 0 Å². The van der Waals surface area contributed by atoms with Gasteiger partial charge in [-0.05, 0) is 25.3 Å². The van der Waals surface area contributed by atoms with Crippen LogP contribution in [0.1, 0.15) is 31.7 Å². The zero-order valence-electron chi connectivity index (χ0n) is 9.56.